The minimum Gasteiger partial charge on any atom is -0.465 e. The highest BCUT2D eigenvalue weighted by Gasteiger charge is 2.28. The summed E-state index contributed by atoms with van der Waals surface area (Å²) in [6, 6.07) is 16.4. The molecule has 1 unspecified atom stereocenters. The van der Waals surface area contributed by atoms with E-state index in [-0.39, 0.29) is 17.0 Å². The van der Waals surface area contributed by atoms with Crippen LogP contribution >= 0.6 is 0 Å². The Morgan fingerprint density at radius 1 is 0.867 bits per heavy atom. The van der Waals surface area contributed by atoms with Crippen molar-refractivity contribution in [2.75, 3.05) is 33.3 Å². The molecule has 0 aromatic heterocycles. The molecule has 3 rings (SSSR count). The van der Waals surface area contributed by atoms with E-state index in [1.807, 2.05) is 18.2 Å². The van der Waals surface area contributed by atoms with E-state index in [2.05, 4.69) is 17.0 Å². The third-order valence-corrected chi connectivity index (χ3v) is 5.12. The van der Waals surface area contributed by atoms with Crippen molar-refractivity contribution in [3.63, 3.8) is 0 Å². The van der Waals surface area contributed by atoms with Crippen molar-refractivity contribution in [1.29, 1.82) is 0 Å². The summed E-state index contributed by atoms with van der Waals surface area (Å²) in [5.74, 6) is -1.59. The molecule has 0 aliphatic carbocycles. The van der Waals surface area contributed by atoms with Crippen LogP contribution in [0.15, 0.2) is 54.6 Å². The molecule has 1 saturated heterocycles. The zero-order chi connectivity index (χ0) is 21.5. The first kappa shape index (κ1) is 21.5. The number of piperazine rings is 1. The molecule has 0 radical (unpaired) electrons. The lowest BCUT2D eigenvalue weighted by Crippen LogP contribution is -2.51. The van der Waals surface area contributed by atoms with E-state index in [1.165, 1.54) is 24.8 Å². The number of carbonyl (C=O) groups is 3. The lowest BCUT2D eigenvalue weighted by atomic mass is 10.1. The summed E-state index contributed by atoms with van der Waals surface area (Å²) in [5.41, 5.74) is 1.43. The molecule has 30 heavy (non-hydrogen) atoms. The first-order chi connectivity index (χ1) is 14.5. The van der Waals surface area contributed by atoms with Gasteiger partial charge in [0.15, 0.2) is 6.10 Å². The maximum atomic E-state index is 12.7. The van der Waals surface area contributed by atoms with Crippen LogP contribution in [0.3, 0.4) is 0 Å². The van der Waals surface area contributed by atoms with E-state index in [1.54, 1.807) is 24.0 Å². The number of amides is 1. The average Bonchev–Trinajstić information content (AvgIpc) is 2.79. The summed E-state index contributed by atoms with van der Waals surface area (Å²) in [6.45, 7) is 5.06. The number of benzene rings is 2. The van der Waals surface area contributed by atoms with Crippen molar-refractivity contribution < 1.29 is 23.9 Å². The summed E-state index contributed by atoms with van der Waals surface area (Å²) in [7, 11) is 1.24. The number of methoxy groups -OCH3 is 1. The van der Waals surface area contributed by atoms with E-state index >= 15 is 0 Å². The molecule has 1 aliphatic heterocycles. The monoisotopic (exact) mass is 410 g/mol. The third-order valence-electron chi connectivity index (χ3n) is 5.12. The van der Waals surface area contributed by atoms with Crippen LogP contribution in [0.2, 0.25) is 0 Å². The molecule has 1 aliphatic rings. The molecule has 2 aromatic carbocycles. The van der Waals surface area contributed by atoms with Crippen LogP contribution in [-0.4, -0.2) is 67.0 Å². The first-order valence-corrected chi connectivity index (χ1v) is 9.93. The molecule has 1 atom stereocenters. The van der Waals surface area contributed by atoms with Gasteiger partial charge in [0.2, 0.25) is 0 Å². The Hall–Kier alpha value is -3.19. The zero-order valence-electron chi connectivity index (χ0n) is 17.2. The largest absolute Gasteiger partial charge is 0.465 e. The fourth-order valence-electron chi connectivity index (χ4n) is 3.45. The van der Waals surface area contributed by atoms with E-state index < -0.39 is 18.0 Å². The maximum Gasteiger partial charge on any atom is 0.339 e. The van der Waals surface area contributed by atoms with Gasteiger partial charge < -0.3 is 14.4 Å². The molecule has 1 heterocycles. The summed E-state index contributed by atoms with van der Waals surface area (Å²) in [4.78, 5) is 41.1. The molecule has 7 heteroatoms. The van der Waals surface area contributed by atoms with Gasteiger partial charge in [0.25, 0.3) is 5.91 Å². The molecule has 158 valence electrons. The fourth-order valence-corrected chi connectivity index (χ4v) is 3.45. The molecule has 0 spiro atoms. The molecule has 7 nitrogen and oxygen atoms in total. The molecular weight excluding hydrogens is 384 g/mol. The number of carbonyl (C=O) groups excluding carboxylic acids is 3. The lowest BCUT2D eigenvalue weighted by Gasteiger charge is -2.35. The smallest absolute Gasteiger partial charge is 0.339 e. The number of hydrogen-bond donors (Lipinski definition) is 0. The van der Waals surface area contributed by atoms with Crippen molar-refractivity contribution in [2.24, 2.45) is 0 Å². The van der Waals surface area contributed by atoms with Crippen molar-refractivity contribution in [2.45, 2.75) is 19.6 Å². The average molecular weight is 410 g/mol. The number of hydrogen-bond acceptors (Lipinski definition) is 6. The zero-order valence-corrected chi connectivity index (χ0v) is 17.2. The standard InChI is InChI=1S/C23H26N2O5/c1-17(30-23(28)20-11-7-6-10-19(20)22(27)29-2)21(26)25-14-12-24(13-15-25)16-18-8-4-3-5-9-18/h3-11,17H,12-16H2,1-2H3. The predicted octanol–water partition coefficient (Wildman–Crippen LogP) is 2.36. The highest BCUT2D eigenvalue weighted by molar-refractivity contribution is 6.03. The highest BCUT2D eigenvalue weighted by Crippen LogP contribution is 2.15. The van der Waals surface area contributed by atoms with Crippen molar-refractivity contribution in [3.8, 4) is 0 Å². The molecular formula is C23H26N2O5. The minimum absolute atomic E-state index is 0.0803. The van der Waals surface area contributed by atoms with E-state index in [4.69, 9.17) is 9.47 Å². The van der Waals surface area contributed by atoms with Gasteiger partial charge in [0, 0.05) is 32.7 Å². The van der Waals surface area contributed by atoms with Gasteiger partial charge in [0.05, 0.1) is 18.2 Å². The fraction of sp³-hybridized carbons (Fsp3) is 0.348. The number of esters is 2. The van der Waals surface area contributed by atoms with Gasteiger partial charge >= 0.3 is 11.9 Å². The molecule has 1 fully saturated rings. The van der Waals surface area contributed by atoms with Crippen LogP contribution in [0.5, 0.6) is 0 Å². The summed E-state index contributed by atoms with van der Waals surface area (Å²) >= 11 is 0. The van der Waals surface area contributed by atoms with Gasteiger partial charge in [-0.2, -0.15) is 0 Å². The van der Waals surface area contributed by atoms with Crippen LogP contribution in [0.1, 0.15) is 33.2 Å². The van der Waals surface area contributed by atoms with Gasteiger partial charge in [-0.1, -0.05) is 42.5 Å². The Bertz CT molecular complexity index is 891. The maximum absolute atomic E-state index is 12.7. The van der Waals surface area contributed by atoms with Gasteiger partial charge in [-0.25, -0.2) is 9.59 Å². The molecule has 1 amide bonds. The highest BCUT2D eigenvalue weighted by atomic mass is 16.5. The Kier molecular flexibility index (Phi) is 7.19. The van der Waals surface area contributed by atoms with Crippen molar-refractivity contribution in [1.82, 2.24) is 9.80 Å². The Labute approximate surface area is 176 Å². The second-order valence-corrected chi connectivity index (χ2v) is 7.17. The van der Waals surface area contributed by atoms with Crippen LogP contribution in [-0.2, 0) is 20.8 Å². The van der Waals surface area contributed by atoms with E-state index in [0.29, 0.717) is 13.1 Å². The topological polar surface area (TPSA) is 76.2 Å². The number of ether oxygens (including phenoxy) is 2. The van der Waals surface area contributed by atoms with Crippen LogP contribution < -0.4 is 0 Å². The second kappa shape index (κ2) is 10.0. The summed E-state index contributed by atoms with van der Waals surface area (Å²) < 4.78 is 10.1. The van der Waals surface area contributed by atoms with Gasteiger partial charge in [-0.3, -0.25) is 9.69 Å². The molecule has 0 N–H and O–H groups in total. The third kappa shape index (κ3) is 5.24. The van der Waals surface area contributed by atoms with Gasteiger partial charge in [-0.05, 0) is 24.6 Å². The normalized spacial score (nSPS) is 15.3. The lowest BCUT2D eigenvalue weighted by molar-refractivity contribution is -0.141. The Morgan fingerprint density at radius 2 is 1.43 bits per heavy atom. The van der Waals surface area contributed by atoms with Crippen LogP contribution in [0.25, 0.3) is 0 Å². The predicted molar refractivity (Wildman–Crippen MR) is 111 cm³/mol. The second-order valence-electron chi connectivity index (χ2n) is 7.17. The Morgan fingerprint density at radius 3 is 2.03 bits per heavy atom. The van der Waals surface area contributed by atoms with Crippen LogP contribution in [0.4, 0.5) is 0 Å². The summed E-state index contributed by atoms with van der Waals surface area (Å²) in [6.07, 6.45) is -0.941. The van der Waals surface area contributed by atoms with Gasteiger partial charge in [0.1, 0.15) is 0 Å². The molecule has 2 aromatic rings. The van der Waals surface area contributed by atoms with Gasteiger partial charge in [-0.15, -0.1) is 0 Å². The Balaban J connectivity index is 1.54. The van der Waals surface area contributed by atoms with Crippen molar-refractivity contribution in [3.05, 3.63) is 71.3 Å². The molecule has 0 bridgehead atoms. The minimum atomic E-state index is -0.941. The number of nitrogens with zero attached hydrogens (tertiary/aromatic N) is 2. The van der Waals surface area contributed by atoms with Crippen molar-refractivity contribution >= 4 is 17.8 Å². The first-order valence-electron chi connectivity index (χ1n) is 9.93. The van der Waals surface area contributed by atoms with Crippen LogP contribution in [0, 0.1) is 0 Å². The quantitative estimate of drug-likeness (QED) is 0.681. The summed E-state index contributed by atoms with van der Waals surface area (Å²) in [5, 5.41) is 0. The SMILES string of the molecule is COC(=O)c1ccccc1C(=O)OC(C)C(=O)N1CCN(Cc2ccccc2)CC1. The van der Waals surface area contributed by atoms with E-state index in [9.17, 15) is 14.4 Å². The van der Waals surface area contributed by atoms with E-state index in [0.717, 1.165) is 19.6 Å². The molecule has 0 saturated carbocycles. The number of rotatable bonds is 6.